The standard InChI is InChI=1S/C25H23N3O3/c29-23(27-17-6-2-1-3-7-17)21-20-10-12-25(31-20)15-28(24(30)22(21)25)13-11-16-14-26-19-9-5-4-8-18(16)19/h1-10,12,14,20-22,26H,11,13,15H2,(H,27,29)/t20-,21-,22+,25-/m0/s1. The molecule has 4 heterocycles. The summed E-state index contributed by atoms with van der Waals surface area (Å²) in [6, 6.07) is 17.5. The Bertz CT molecular complexity index is 1200. The van der Waals surface area contributed by atoms with Gasteiger partial charge < -0.3 is 19.9 Å². The molecule has 0 radical (unpaired) electrons. The van der Waals surface area contributed by atoms with Gasteiger partial charge in [-0.25, -0.2) is 0 Å². The molecule has 2 aromatic carbocycles. The number of hydrogen-bond donors (Lipinski definition) is 2. The molecular formula is C25H23N3O3. The first-order chi connectivity index (χ1) is 15.1. The fourth-order valence-electron chi connectivity index (χ4n) is 5.41. The topological polar surface area (TPSA) is 74.4 Å². The lowest BCUT2D eigenvalue weighted by atomic mass is 9.77. The van der Waals surface area contributed by atoms with Gasteiger partial charge in [-0.2, -0.15) is 0 Å². The summed E-state index contributed by atoms with van der Waals surface area (Å²) in [5.74, 6) is -1.11. The summed E-state index contributed by atoms with van der Waals surface area (Å²) in [5, 5.41) is 4.15. The summed E-state index contributed by atoms with van der Waals surface area (Å²) in [6.07, 6.45) is 6.38. The highest BCUT2D eigenvalue weighted by molar-refractivity contribution is 5.99. The lowest BCUT2D eigenvalue weighted by Crippen LogP contribution is -2.41. The van der Waals surface area contributed by atoms with Gasteiger partial charge in [0.1, 0.15) is 5.60 Å². The van der Waals surface area contributed by atoms with Crippen LogP contribution >= 0.6 is 0 Å². The average Bonchev–Trinajstić information content (AvgIpc) is 3.53. The van der Waals surface area contributed by atoms with Crippen LogP contribution in [0, 0.1) is 11.8 Å². The highest BCUT2D eigenvalue weighted by atomic mass is 16.5. The van der Waals surface area contributed by atoms with Crippen molar-refractivity contribution in [2.75, 3.05) is 18.4 Å². The monoisotopic (exact) mass is 413 g/mol. The SMILES string of the molecule is O=C(Nc1ccccc1)[C@H]1[C@@H]2C=C[C@@]3(CN(CCc4c[nH]c5ccccc45)C(=O)[C@@H]13)O2. The fraction of sp³-hybridized carbons (Fsp3) is 0.280. The maximum Gasteiger partial charge on any atom is 0.231 e. The zero-order chi connectivity index (χ0) is 21.0. The van der Waals surface area contributed by atoms with Crippen molar-refractivity contribution >= 4 is 28.4 Å². The van der Waals surface area contributed by atoms with E-state index in [1.807, 2.05) is 65.7 Å². The van der Waals surface area contributed by atoms with Crippen molar-refractivity contribution in [1.29, 1.82) is 0 Å². The highest BCUT2D eigenvalue weighted by Gasteiger charge is 2.66. The molecular weight excluding hydrogens is 390 g/mol. The number of anilines is 1. The van der Waals surface area contributed by atoms with E-state index in [9.17, 15) is 9.59 Å². The zero-order valence-corrected chi connectivity index (χ0v) is 17.0. The van der Waals surface area contributed by atoms with Gasteiger partial charge in [0.05, 0.1) is 24.5 Å². The van der Waals surface area contributed by atoms with E-state index in [0.717, 1.165) is 17.6 Å². The quantitative estimate of drug-likeness (QED) is 0.631. The summed E-state index contributed by atoms with van der Waals surface area (Å²) in [5.41, 5.74) is 2.34. The van der Waals surface area contributed by atoms with Crippen molar-refractivity contribution in [3.63, 3.8) is 0 Å². The van der Waals surface area contributed by atoms with Crippen molar-refractivity contribution < 1.29 is 14.3 Å². The molecule has 2 saturated heterocycles. The van der Waals surface area contributed by atoms with E-state index < -0.39 is 17.4 Å². The third-order valence-electron chi connectivity index (χ3n) is 6.85. The van der Waals surface area contributed by atoms with Crippen molar-refractivity contribution in [3.8, 4) is 0 Å². The van der Waals surface area contributed by atoms with Gasteiger partial charge in [0.2, 0.25) is 11.8 Å². The largest absolute Gasteiger partial charge is 0.361 e. The van der Waals surface area contributed by atoms with Crippen LogP contribution in [-0.4, -0.2) is 46.5 Å². The summed E-state index contributed by atoms with van der Waals surface area (Å²) < 4.78 is 6.22. The number of para-hydroxylation sites is 2. The zero-order valence-electron chi connectivity index (χ0n) is 17.0. The van der Waals surface area contributed by atoms with Gasteiger partial charge in [0.25, 0.3) is 0 Å². The number of aromatic amines is 1. The number of carbonyl (C=O) groups is 2. The molecule has 1 aromatic heterocycles. The number of rotatable bonds is 5. The molecule has 0 saturated carbocycles. The number of fused-ring (bicyclic) bond motifs is 2. The second-order valence-corrected chi connectivity index (χ2v) is 8.62. The third kappa shape index (κ3) is 2.82. The van der Waals surface area contributed by atoms with Crippen LogP contribution in [0.2, 0.25) is 0 Å². The second-order valence-electron chi connectivity index (χ2n) is 8.62. The Balaban J connectivity index is 1.21. The molecule has 3 aliphatic rings. The normalized spacial score (nSPS) is 28.5. The van der Waals surface area contributed by atoms with Crippen LogP contribution in [0.4, 0.5) is 5.69 Å². The molecule has 3 aromatic rings. The molecule has 4 atom stereocenters. The first-order valence-corrected chi connectivity index (χ1v) is 10.7. The van der Waals surface area contributed by atoms with E-state index >= 15 is 0 Å². The number of likely N-dealkylation sites (tertiary alicyclic amines) is 1. The lowest BCUT2D eigenvalue weighted by molar-refractivity contribution is -0.135. The Morgan fingerprint density at radius 3 is 2.84 bits per heavy atom. The summed E-state index contributed by atoms with van der Waals surface area (Å²) >= 11 is 0. The summed E-state index contributed by atoms with van der Waals surface area (Å²) in [7, 11) is 0. The van der Waals surface area contributed by atoms with Crippen LogP contribution in [0.15, 0.2) is 72.9 Å². The van der Waals surface area contributed by atoms with Crippen LogP contribution in [0.3, 0.4) is 0 Å². The summed E-state index contributed by atoms with van der Waals surface area (Å²) in [4.78, 5) is 31.6. The number of carbonyl (C=O) groups excluding carboxylic acids is 2. The maximum absolute atomic E-state index is 13.4. The Morgan fingerprint density at radius 2 is 1.97 bits per heavy atom. The molecule has 6 rings (SSSR count). The number of aromatic nitrogens is 1. The van der Waals surface area contributed by atoms with Crippen LogP contribution < -0.4 is 5.32 Å². The molecule has 2 amide bonds. The molecule has 2 N–H and O–H groups in total. The van der Waals surface area contributed by atoms with Crippen LogP contribution in [0.5, 0.6) is 0 Å². The molecule has 0 unspecified atom stereocenters. The second kappa shape index (κ2) is 6.82. The molecule has 2 fully saturated rings. The van der Waals surface area contributed by atoms with Crippen LogP contribution in [0.25, 0.3) is 10.9 Å². The van der Waals surface area contributed by atoms with E-state index in [2.05, 4.69) is 22.4 Å². The number of H-pyrrole nitrogens is 1. The number of ether oxygens (including phenoxy) is 1. The van der Waals surface area contributed by atoms with E-state index in [-0.39, 0.29) is 17.9 Å². The number of hydrogen-bond acceptors (Lipinski definition) is 3. The van der Waals surface area contributed by atoms with Crippen molar-refractivity contribution in [2.24, 2.45) is 11.8 Å². The minimum absolute atomic E-state index is 0.0138. The third-order valence-corrected chi connectivity index (χ3v) is 6.85. The molecule has 6 nitrogen and oxygen atoms in total. The van der Waals surface area contributed by atoms with Crippen molar-refractivity contribution in [1.82, 2.24) is 9.88 Å². The number of nitrogens with one attached hydrogen (secondary N) is 2. The van der Waals surface area contributed by atoms with Gasteiger partial charge in [-0.3, -0.25) is 9.59 Å². The van der Waals surface area contributed by atoms with E-state index in [1.165, 1.54) is 10.9 Å². The van der Waals surface area contributed by atoms with Gasteiger partial charge in [-0.1, -0.05) is 48.6 Å². The first kappa shape index (κ1) is 18.4. The first-order valence-electron chi connectivity index (χ1n) is 10.7. The molecule has 6 heteroatoms. The molecule has 1 spiro atoms. The smallest absolute Gasteiger partial charge is 0.231 e. The van der Waals surface area contributed by atoms with Gasteiger partial charge in [0.15, 0.2) is 0 Å². The Hall–Kier alpha value is -3.38. The minimum atomic E-state index is -0.680. The van der Waals surface area contributed by atoms with Crippen molar-refractivity contribution in [2.45, 2.75) is 18.1 Å². The molecule has 2 bridgehead atoms. The van der Waals surface area contributed by atoms with Crippen LogP contribution in [-0.2, 0) is 20.7 Å². The number of benzene rings is 2. The summed E-state index contributed by atoms with van der Waals surface area (Å²) in [6.45, 7) is 1.11. The van der Waals surface area contributed by atoms with Gasteiger partial charge >= 0.3 is 0 Å². The molecule has 0 aliphatic carbocycles. The molecule has 3 aliphatic heterocycles. The van der Waals surface area contributed by atoms with E-state index in [4.69, 9.17) is 4.74 Å². The van der Waals surface area contributed by atoms with Gasteiger partial charge in [0, 0.05) is 29.3 Å². The average molecular weight is 413 g/mol. The van der Waals surface area contributed by atoms with Crippen molar-refractivity contribution in [3.05, 3.63) is 78.5 Å². The van der Waals surface area contributed by atoms with Gasteiger partial charge in [-0.05, 0) is 30.2 Å². The fourth-order valence-corrected chi connectivity index (χ4v) is 5.41. The minimum Gasteiger partial charge on any atom is -0.361 e. The van der Waals surface area contributed by atoms with E-state index in [0.29, 0.717) is 13.1 Å². The number of amides is 2. The Kier molecular flexibility index (Phi) is 4.05. The Labute approximate surface area is 179 Å². The maximum atomic E-state index is 13.4. The van der Waals surface area contributed by atoms with Gasteiger partial charge in [-0.15, -0.1) is 0 Å². The number of nitrogens with zero attached hydrogens (tertiary/aromatic N) is 1. The highest BCUT2D eigenvalue weighted by Crippen LogP contribution is 2.52. The van der Waals surface area contributed by atoms with Crippen LogP contribution in [0.1, 0.15) is 5.56 Å². The molecule has 156 valence electrons. The van der Waals surface area contributed by atoms with E-state index in [1.54, 1.807) is 0 Å². The molecule has 31 heavy (non-hydrogen) atoms. The predicted molar refractivity (Wildman–Crippen MR) is 117 cm³/mol. The Morgan fingerprint density at radius 1 is 1.16 bits per heavy atom. The lowest BCUT2D eigenvalue weighted by Gasteiger charge is -2.23. The predicted octanol–water partition coefficient (Wildman–Crippen LogP) is 3.13.